The first-order chi connectivity index (χ1) is 13.8. The van der Waals surface area contributed by atoms with E-state index in [0.717, 1.165) is 35.2 Å². The van der Waals surface area contributed by atoms with Gasteiger partial charge in [-0.3, -0.25) is 14.4 Å². The minimum Gasteiger partial charge on any atom is -0.480 e. The number of ketones is 1. The Bertz CT molecular complexity index is 1140. The molecule has 0 unspecified atom stereocenters. The molecule has 0 amide bonds. The lowest BCUT2D eigenvalue weighted by atomic mass is 9.78. The highest BCUT2D eigenvalue weighted by atomic mass is 35.5. The van der Waals surface area contributed by atoms with Crippen LogP contribution in [0.5, 0.6) is 0 Å². The van der Waals surface area contributed by atoms with Crippen LogP contribution in [0.25, 0.3) is 0 Å². The summed E-state index contributed by atoms with van der Waals surface area (Å²) in [6, 6.07) is 11.8. The van der Waals surface area contributed by atoms with Crippen molar-refractivity contribution in [1.82, 2.24) is 4.98 Å². The van der Waals surface area contributed by atoms with Crippen molar-refractivity contribution in [2.24, 2.45) is 5.92 Å². The largest absolute Gasteiger partial charge is 0.480 e. The Balaban J connectivity index is 1.90. The van der Waals surface area contributed by atoms with Gasteiger partial charge in [0.2, 0.25) is 0 Å². The van der Waals surface area contributed by atoms with Crippen LogP contribution in [0, 0.1) is 11.7 Å². The molecule has 29 heavy (non-hydrogen) atoms. The van der Waals surface area contributed by atoms with Gasteiger partial charge in [-0.25, -0.2) is 4.39 Å². The molecule has 148 valence electrons. The summed E-state index contributed by atoms with van der Waals surface area (Å²) in [6.45, 7) is 0. The van der Waals surface area contributed by atoms with Crippen LogP contribution in [-0.4, -0.2) is 27.1 Å². The van der Waals surface area contributed by atoms with Gasteiger partial charge < -0.3 is 10.1 Å². The Morgan fingerprint density at radius 3 is 2.34 bits per heavy atom. The molecule has 5 nitrogen and oxygen atoms in total. The first-order valence-corrected chi connectivity index (χ1v) is 10.6. The van der Waals surface area contributed by atoms with E-state index < -0.39 is 34.7 Å². The molecule has 3 atom stereocenters. The number of carbonyl (C=O) groups excluding carboxylic acids is 1. The van der Waals surface area contributed by atoms with Crippen LogP contribution in [0.3, 0.4) is 0 Å². The molecule has 2 N–H and O–H groups in total. The number of H-pyrrole nitrogens is 1. The van der Waals surface area contributed by atoms with Gasteiger partial charge in [0.1, 0.15) is 11.1 Å². The first kappa shape index (κ1) is 19.9. The molecule has 2 aromatic carbocycles. The van der Waals surface area contributed by atoms with E-state index in [9.17, 15) is 23.9 Å². The number of carboxylic acid groups (broad SMARTS) is 1. The second-order valence-corrected chi connectivity index (χ2v) is 9.11. The van der Waals surface area contributed by atoms with Crippen molar-refractivity contribution in [3.8, 4) is 0 Å². The second kappa shape index (κ2) is 7.78. The molecule has 0 bridgehead atoms. The minimum atomic E-state index is -1.16. The lowest BCUT2D eigenvalue weighted by Gasteiger charge is -2.34. The number of nitrogens with one attached hydrogen (secondary N) is 1. The fourth-order valence-electron chi connectivity index (χ4n) is 3.48. The molecule has 9 heteroatoms. The Morgan fingerprint density at radius 2 is 1.72 bits per heavy atom. The van der Waals surface area contributed by atoms with Gasteiger partial charge in [-0.2, -0.15) is 0 Å². The molecule has 2 heterocycles. The number of aliphatic carboxylic acids is 1. The molecule has 1 aliphatic rings. The standard InChI is InChI=1S/C20H13ClFNO4S2/c21-11-5-1-9(2-6-11)13-14(15(24)10-3-7-12(22)8-4-10)17(19(25)26)28-18-16(13)29-20(27)23-18/h1-8,13-14,17H,(H,23,27)(H,25,26)/t13-,14+,17+/m0/s1. The van der Waals surface area contributed by atoms with Crippen LogP contribution in [-0.2, 0) is 4.79 Å². The van der Waals surface area contributed by atoms with Gasteiger partial charge in [0, 0.05) is 21.4 Å². The van der Waals surface area contributed by atoms with Gasteiger partial charge in [0.05, 0.1) is 10.9 Å². The van der Waals surface area contributed by atoms with Crippen molar-refractivity contribution < 1.29 is 19.1 Å². The van der Waals surface area contributed by atoms with Crippen LogP contribution < -0.4 is 4.87 Å². The average molecular weight is 450 g/mol. The maximum absolute atomic E-state index is 13.4. The smallest absolute Gasteiger partial charge is 0.317 e. The van der Waals surface area contributed by atoms with Crippen molar-refractivity contribution in [2.45, 2.75) is 16.2 Å². The zero-order chi connectivity index (χ0) is 20.7. The van der Waals surface area contributed by atoms with E-state index in [1.165, 1.54) is 12.1 Å². The highest BCUT2D eigenvalue weighted by Gasteiger charge is 2.47. The third-order valence-electron chi connectivity index (χ3n) is 4.76. The van der Waals surface area contributed by atoms with Crippen LogP contribution >= 0.6 is 34.7 Å². The molecule has 4 rings (SSSR count). The summed E-state index contributed by atoms with van der Waals surface area (Å²) in [4.78, 5) is 40.4. The molecule has 3 aromatic rings. The molecular formula is C20H13ClFNO4S2. The molecule has 0 aliphatic carbocycles. The van der Waals surface area contributed by atoms with Gasteiger partial charge in [-0.15, -0.1) is 0 Å². The summed E-state index contributed by atoms with van der Waals surface area (Å²) in [5, 5.41) is 9.68. The zero-order valence-electron chi connectivity index (χ0n) is 14.6. The number of carboxylic acids is 1. The Morgan fingerprint density at radius 1 is 1.07 bits per heavy atom. The van der Waals surface area contributed by atoms with Gasteiger partial charge in [0.25, 0.3) is 0 Å². The summed E-state index contributed by atoms with van der Waals surface area (Å²) >= 11 is 7.91. The third kappa shape index (κ3) is 3.75. The summed E-state index contributed by atoms with van der Waals surface area (Å²) in [5.74, 6) is -3.70. The predicted molar refractivity (Wildman–Crippen MR) is 110 cm³/mol. The second-order valence-electron chi connectivity index (χ2n) is 6.51. The fourth-order valence-corrected chi connectivity index (χ4v) is 6.03. The lowest BCUT2D eigenvalue weighted by molar-refractivity contribution is -0.137. The normalized spacial score (nSPS) is 20.8. The topological polar surface area (TPSA) is 87.2 Å². The number of aromatic nitrogens is 1. The maximum Gasteiger partial charge on any atom is 0.317 e. The Hall–Kier alpha value is -2.42. The van der Waals surface area contributed by atoms with E-state index in [1.54, 1.807) is 24.3 Å². The average Bonchev–Trinajstić information content (AvgIpc) is 3.07. The molecule has 1 aromatic heterocycles. The quantitative estimate of drug-likeness (QED) is 0.576. The van der Waals surface area contributed by atoms with Gasteiger partial charge in [0.15, 0.2) is 5.78 Å². The summed E-state index contributed by atoms with van der Waals surface area (Å²) < 4.78 is 13.3. The van der Waals surface area contributed by atoms with E-state index in [-0.39, 0.29) is 10.4 Å². The van der Waals surface area contributed by atoms with Crippen LogP contribution in [0.4, 0.5) is 4.39 Å². The molecule has 0 spiro atoms. The number of Topliss-reactive ketones (excluding diaryl/α,β-unsaturated/α-hetero) is 1. The molecular weight excluding hydrogens is 437 g/mol. The summed E-state index contributed by atoms with van der Waals surface area (Å²) in [5.41, 5.74) is 0.895. The summed E-state index contributed by atoms with van der Waals surface area (Å²) in [7, 11) is 0. The number of fused-ring (bicyclic) bond motifs is 1. The first-order valence-electron chi connectivity index (χ1n) is 8.53. The SMILES string of the molecule is O=C(c1ccc(F)cc1)[C@H]1[C@H](c2ccc(Cl)cc2)c2sc(=O)[nH]c2S[C@H]1C(=O)O. The number of hydrogen-bond donors (Lipinski definition) is 2. The van der Waals surface area contributed by atoms with E-state index >= 15 is 0 Å². The van der Waals surface area contributed by atoms with Gasteiger partial charge in [-0.1, -0.05) is 46.8 Å². The molecule has 1 aliphatic heterocycles. The monoisotopic (exact) mass is 449 g/mol. The van der Waals surface area contributed by atoms with Crippen molar-refractivity contribution >= 4 is 46.5 Å². The van der Waals surface area contributed by atoms with Crippen LogP contribution in [0.2, 0.25) is 5.02 Å². The van der Waals surface area contributed by atoms with Gasteiger partial charge >= 0.3 is 10.8 Å². The number of hydrogen-bond acceptors (Lipinski definition) is 5. The fraction of sp³-hybridized carbons (Fsp3) is 0.150. The van der Waals surface area contributed by atoms with Crippen molar-refractivity contribution in [3.63, 3.8) is 0 Å². The number of halogens is 2. The van der Waals surface area contributed by atoms with Crippen molar-refractivity contribution in [1.29, 1.82) is 0 Å². The van der Waals surface area contributed by atoms with Crippen molar-refractivity contribution in [3.05, 3.63) is 85.0 Å². The number of aromatic amines is 1. The molecule has 0 saturated carbocycles. The number of thiazole rings is 1. The summed E-state index contributed by atoms with van der Waals surface area (Å²) in [6.07, 6.45) is 0. The minimum absolute atomic E-state index is 0.216. The highest BCUT2D eigenvalue weighted by Crippen LogP contribution is 2.50. The third-order valence-corrected chi connectivity index (χ3v) is 7.41. The number of carbonyl (C=O) groups is 2. The van der Waals surface area contributed by atoms with E-state index in [0.29, 0.717) is 20.5 Å². The van der Waals surface area contributed by atoms with Crippen molar-refractivity contribution in [2.75, 3.05) is 0 Å². The van der Waals surface area contributed by atoms with E-state index in [2.05, 4.69) is 4.98 Å². The number of benzene rings is 2. The maximum atomic E-state index is 13.4. The van der Waals surface area contributed by atoms with Gasteiger partial charge in [-0.05, 0) is 42.0 Å². The molecule has 0 fully saturated rings. The lowest BCUT2D eigenvalue weighted by Crippen LogP contribution is -2.39. The van der Waals surface area contributed by atoms with Crippen LogP contribution in [0.1, 0.15) is 26.7 Å². The number of rotatable bonds is 4. The Labute approximate surface area is 177 Å². The molecule has 0 radical (unpaired) electrons. The van der Waals surface area contributed by atoms with E-state index in [1.807, 2.05) is 0 Å². The van der Waals surface area contributed by atoms with Crippen LogP contribution in [0.15, 0.2) is 58.4 Å². The highest BCUT2D eigenvalue weighted by molar-refractivity contribution is 8.00. The van der Waals surface area contributed by atoms with E-state index in [4.69, 9.17) is 11.6 Å². The predicted octanol–water partition coefficient (Wildman–Crippen LogP) is 4.42. The Kier molecular flexibility index (Phi) is 5.33. The zero-order valence-corrected chi connectivity index (χ0v) is 17.0. The molecule has 0 saturated heterocycles. The number of thioether (sulfide) groups is 1.